The quantitative estimate of drug-likeness (QED) is 0.688. The van der Waals surface area contributed by atoms with Gasteiger partial charge in [0, 0.05) is 6.07 Å². The third-order valence-electron chi connectivity index (χ3n) is 3.14. The molecular formula is C19H13NO4. The lowest BCUT2D eigenvalue weighted by Crippen LogP contribution is -2.10. The van der Waals surface area contributed by atoms with Crippen molar-refractivity contribution in [2.45, 2.75) is 0 Å². The van der Waals surface area contributed by atoms with Gasteiger partial charge in [-0.3, -0.25) is 0 Å². The molecule has 3 aromatic rings. The van der Waals surface area contributed by atoms with Crippen LogP contribution in [0, 0.1) is 0 Å². The van der Waals surface area contributed by atoms with Crippen LogP contribution in [0.5, 0.6) is 11.6 Å². The lowest BCUT2D eigenvalue weighted by atomic mass is 10.2. The molecule has 0 bridgehead atoms. The first-order valence-electron chi connectivity index (χ1n) is 7.23. The van der Waals surface area contributed by atoms with Crippen molar-refractivity contribution < 1.29 is 19.1 Å². The molecular weight excluding hydrogens is 306 g/mol. The van der Waals surface area contributed by atoms with Crippen molar-refractivity contribution in [2.75, 3.05) is 0 Å². The van der Waals surface area contributed by atoms with Gasteiger partial charge in [-0.1, -0.05) is 36.4 Å². The Balaban J connectivity index is 1.63. The van der Waals surface area contributed by atoms with Gasteiger partial charge in [0.15, 0.2) is 0 Å². The van der Waals surface area contributed by atoms with Crippen molar-refractivity contribution in [1.29, 1.82) is 0 Å². The van der Waals surface area contributed by atoms with Crippen molar-refractivity contribution in [3.8, 4) is 11.6 Å². The number of hydrogen-bond donors (Lipinski definition) is 0. The second-order valence-electron chi connectivity index (χ2n) is 4.84. The minimum atomic E-state index is -0.503. The first kappa shape index (κ1) is 15.4. The molecule has 0 aliphatic rings. The highest BCUT2D eigenvalue weighted by atomic mass is 16.5. The van der Waals surface area contributed by atoms with Gasteiger partial charge in [-0.05, 0) is 30.3 Å². The molecule has 0 saturated heterocycles. The molecule has 0 unspecified atom stereocenters. The largest absolute Gasteiger partial charge is 0.421 e. The molecule has 3 rings (SSSR count). The van der Waals surface area contributed by atoms with E-state index in [-0.39, 0.29) is 11.6 Å². The second-order valence-corrected chi connectivity index (χ2v) is 4.84. The molecule has 0 aliphatic carbocycles. The van der Waals surface area contributed by atoms with E-state index in [0.29, 0.717) is 11.1 Å². The number of carbonyl (C=O) groups excluding carboxylic acids is 2. The number of nitrogens with zero attached hydrogens (tertiary/aromatic N) is 1. The third-order valence-corrected chi connectivity index (χ3v) is 3.14. The number of aromatic nitrogens is 1. The van der Waals surface area contributed by atoms with E-state index in [0.717, 1.165) is 0 Å². The maximum absolute atomic E-state index is 11.9. The molecule has 5 heteroatoms. The molecule has 0 N–H and O–H groups in total. The van der Waals surface area contributed by atoms with Crippen LogP contribution in [0.2, 0.25) is 0 Å². The first-order valence-corrected chi connectivity index (χ1v) is 7.23. The Morgan fingerprint density at radius 3 is 1.71 bits per heavy atom. The van der Waals surface area contributed by atoms with E-state index in [2.05, 4.69) is 4.98 Å². The molecule has 118 valence electrons. The Labute approximate surface area is 138 Å². The van der Waals surface area contributed by atoms with Gasteiger partial charge in [0.05, 0.1) is 17.3 Å². The van der Waals surface area contributed by atoms with Crippen molar-refractivity contribution in [2.24, 2.45) is 0 Å². The Kier molecular flexibility index (Phi) is 4.62. The van der Waals surface area contributed by atoms with Gasteiger partial charge in [-0.25, -0.2) is 14.6 Å². The van der Waals surface area contributed by atoms with Crippen LogP contribution in [0.25, 0.3) is 0 Å². The Morgan fingerprint density at radius 1 is 0.667 bits per heavy atom. The summed E-state index contributed by atoms with van der Waals surface area (Å²) >= 11 is 0. The highest BCUT2D eigenvalue weighted by Gasteiger charge is 2.11. The van der Waals surface area contributed by atoms with E-state index in [1.165, 1.54) is 18.3 Å². The highest BCUT2D eigenvalue weighted by molar-refractivity contribution is 5.91. The van der Waals surface area contributed by atoms with Crippen LogP contribution in [-0.2, 0) is 0 Å². The molecule has 0 saturated carbocycles. The van der Waals surface area contributed by atoms with Crippen LogP contribution >= 0.6 is 0 Å². The van der Waals surface area contributed by atoms with E-state index in [1.807, 2.05) is 12.1 Å². The monoisotopic (exact) mass is 319 g/mol. The molecule has 0 atom stereocenters. The number of rotatable bonds is 4. The maximum atomic E-state index is 11.9. The van der Waals surface area contributed by atoms with Gasteiger partial charge in [0.1, 0.15) is 5.75 Å². The van der Waals surface area contributed by atoms with E-state index >= 15 is 0 Å². The Bertz CT molecular complexity index is 758. The summed E-state index contributed by atoms with van der Waals surface area (Å²) in [5, 5.41) is 0. The zero-order valence-electron chi connectivity index (χ0n) is 12.6. The number of hydrogen-bond acceptors (Lipinski definition) is 5. The van der Waals surface area contributed by atoms with Crippen molar-refractivity contribution in [3.05, 3.63) is 90.1 Å². The average molecular weight is 319 g/mol. The van der Waals surface area contributed by atoms with Crippen LogP contribution in [0.4, 0.5) is 0 Å². The zero-order valence-corrected chi connectivity index (χ0v) is 12.6. The number of carbonyl (C=O) groups is 2. The standard InChI is InChI=1S/C19H13NO4/c21-18(14-7-3-1-4-8-14)23-16-11-12-17(20-13-16)24-19(22)15-9-5-2-6-10-15/h1-13H. The molecule has 0 amide bonds. The van der Waals surface area contributed by atoms with Crippen LogP contribution in [0.15, 0.2) is 79.0 Å². The second kappa shape index (κ2) is 7.19. The van der Waals surface area contributed by atoms with Crippen LogP contribution < -0.4 is 9.47 Å². The molecule has 0 radical (unpaired) electrons. The minimum absolute atomic E-state index is 0.128. The summed E-state index contributed by atoms with van der Waals surface area (Å²) in [4.78, 5) is 27.8. The average Bonchev–Trinajstić information content (AvgIpc) is 2.65. The summed E-state index contributed by atoms with van der Waals surface area (Å²) < 4.78 is 10.4. The third kappa shape index (κ3) is 3.84. The predicted molar refractivity (Wildman–Crippen MR) is 87.0 cm³/mol. The lowest BCUT2D eigenvalue weighted by molar-refractivity contribution is 0.0713. The van der Waals surface area contributed by atoms with Crippen LogP contribution in [-0.4, -0.2) is 16.9 Å². The van der Waals surface area contributed by atoms with Crippen molar-refractivity contribution >= 4 is 11.9 Å². The fourth-order valence-electron chi connectivity index (χ4n) is 1.96. The smallest absolute Gasteiger partial charge is 0.344 e. The van der Waals surface area contributed by atoms with Gasteiger partial charge in [-0.2, -0.15) is 0 Å². The minimum Gasteiger partial charge on any atom is -0.421 e. The van der Waals surface area contributed by atoms with Gasteiger partial charge >= 0.3 is 11.9 Å². The first-order chi connectivity index (χ1) is 11.7. The summed E-state index contributed by atoms with van der Waals surface area (Å²) in [5.74, 6) is -0.588. The molecule has 2 aromatic carbocycles. The molecule has 5 nitrogen and oxygen atoms in total. The molecule has 0 aliphatic heterocycles. The fraction of sp³-hybridized carbons (Fsp3) is 0. The normalized spacial score (nSPS) is 10.0. The van der Waals surface area contributed by atoms with Crippen molar-refractivity contribution in [1.82, 2.24) is 4.98 Å². The molecule has 24 heavy (non-hydrogen) atoms. The SMILES string of the molecule is O=C(Oc1ccc(OC(=O)c2ccccc2)nc1)c1ccccc1. The summed E-state index contributed by atoms with van der Waals surface area (Å²) in [6.07, 6.45) is 1.33. The summed E-state index contributed by atoms with van der Waals surface area (Å²) in [6.45, 7) is 0. The van der Waals surface area contributed by atoms with Gasteiger partial charge < -0.3 is 9.47 Å². The number of pyridine rings is 1. The Morgan fingerprint density at radius 2 is 1.21 bits per heavy atom. The van der Waals surface area contributed by atoms with E-state index in [1.54, 1.807) is 48.5 Å². The zero-order chi connectivity index (χ0) is 16.8. The number of benzene rings is 2. The molecule has 0 fully saturated rings. The van der Waals surface area contributed by atoms with Gasteiger partial charge in [-0.15, -0.1) is 0 Å². The van der Waals surface area contributed by atoms with Crippen LogP contribution in [0.3, 0.4) is 0 Å². The van der Waals surface area contributed by atoms with E-state index in [4.69, 9.17) is 9.47 Å². The van der Waals surface area contributed by atoms with Crippen molar-refractivity contribution in [3.63, 3.8) is 0 Å². The lowest BCUT2D eigenvalue weighted by Gasteiger charge is -2.06. The topological polar surface area (TPSA) is 65.5 Å². The van der Waals surface area contributed by atoms with Gasteiger partial charge in [0.2, 0.25) is 5.88 Å². The maximum Gasteiger partial charge on any atom is 0.344 e. The Hall–Kier alpha value is -3.47. The predicted octanol–water partition coefficient (Wildman–Crippen LogP) is 3.52. The fourth-order valence-corrected chi connectivity index (χ4v) is 1.96. The van der Waals surface area contributed by atoms with Crippen LogP contribution in [0.1, 0.15) is 20.7 Å². The summed E-state index contributed by atoms with van der Waals surface area (Å²) in [7, 11) is 0. The molecule has 1 aromatic heterocycles. The highest BCUT2D eigenvalue weighted by Crippen LogP contribution is 2.16. The summed E-state index contributed by atoms with van der Waals surface area (Å²) in [5.41, 5.74) is 0.871. The van der Waals surface area contributed by atoms with E-state index in [9.17, 15) is 9.59 Å². The number of esters is 2. The number of ether oxygens (including phenoxy) is 2. The summed E-state index contributed by atoms with van der Waals surface area (Å²) in [6, 6.07) is 20.2. The molecule has 1 heterocycles. The van der Waals surface area contributed by atoms with Gasteiger partial charge in [0.25, 0.3) is 0 Å². The molecule has 0 spiro atoms. The van der Waals surface area contributed by atoms with E-state index < -0.39 is 11.9 Å².